The van der Waals surface area contributed by atoms with Crippen molar-refractivity contribution in [3.63, 3.8) is 0 Å². The first-order valence-electron chi connectivity index (χ1n) is 5.06. The smallest absolute Gasteiger partial charge is 0.206 e. The zero-order valence-electron chi connectivity index (χ0n) is 8.92. The van der Waals surface area contributed by atoms with E-state index in [9.17, 15) is 0 Å². The van der Waals surface area contributed by atoms with Gasteiger partial charge in [-0.3, -0.25) is 5.43 Å². The Labute approximate surface area is 85.1 Å². The average Bonchev–Trinajstić information content (AvgIpc) is 2.97. The van der Waals surface area contributed by atoms with Crippen molar-refractivity contribution < 1.29 is 4.74 Å². The van der Waals surface area contributed by atoms with Gasteiger partial charge in [0.1, 0.15) is 0 Å². The molecule has 1 aliphatic carbocycles. The summed E-state index contributed by atoms with van der Waals surface area (Å²) in [5.74, 6) is 6.04. The number of hydrogen-bond donors (Lipinski definition) is 3. The van der Waals surface area contributed by atoms with E-state index in [1.165, 1.54) is 12.8 Å². The molecule has 0 saturated heterocycles. The van der Waals surface area contributed by atoms with Crippen molar-refractivity contribution in [2.24, 2.45) is 10.8 Å². The highest BCUT2D eigenvalue weighted by Crippen LogP contribution is 2.23. The first-order chi connectivity index (χ1) is 6.76. The van der Waals surface area contributed by atoms with Crippen molar-refractivity contribution in [2.45, 2.75) is 38.3 Å². The minimum Gasteiger partial charge on any atom is -0.385 e. The summed E-state index contributed by atoms with van der Waals surface area (Å²) in [6.07, 6.45) is 3.31. The summed E-state index contributed by atoms with van der Waals surface area (Å²) >= 11 is 0. The summed E-state index contributed by atoms with van der Waals surface area (Å²) in [6, 6.07) is 0.798. The second-order valence-electron chi connectivity index (χ2n) is 3.68. The van der Waals surface area contributed by atoms with Crippen LogP contribution in [0.3, 0.4) is 0 Å². The fourth-order valence-electron chi connectivity index (χ4n) is 1.10. The Morgan fingerprint density at radius 2 is 2.36 bits per heavy atom. The molecule has 1 saturated carbocycles. The monoisotopic (exact) mass is 200 g/mol. The third-order valence-electron chi connectivity index (χ3n) is 2.13. The first-order valence-corrected chi connectivity index (χ1v) is 5.06. The zero-order chi connectivity index (χ0) is 10.4. The van der Waals surface area contributed by atoms with Gasteiger partial charge in [-0.1, -0.05) is 0 Å². The summed E-state index contributed by atoms with van der Waals surface area (Å²) in [4.78, 5) is 4.38. The van der Waals surface area contributed by atoms with Crippen molar-refractivity contribution in [3.05, 3.63) is 0 Å². The molecule has 0 heterocycles. The highest BCUT2D eigenvalue weighted by molar-refractivity contribution is 5.79. The Morgan fingerprint density at radius 3 is 2.86 bits per heavy atom. The van der Waals surface area contributed by atoms with Gasteiger partial charge in [0.25, 0.3) is 0 Å². The molecular weight excluding hydrogens is 180 g/mol. The van der Waals surface area contributed by atoms with Gasteiger partial charge in [-0.2, -0.15) is 0 Å². The quantitative estimate of drug-likeness (QED) is 0.252. The molecule has 82 valence electrons. The molecule has 1 unspecified atom stereocenters. The van der Waals surface area contributed by atoms with E-state index in [2.05, 4.69) is 22.7 Å². The molecule has 4 N–H and O–H groups in total. The lowest BCUT2D eigenvalue weighted by molar-refractivity contribution is 0.187. The van der Waals surface area contributed by atoms with E-state index < -0.39 is 0 Å². The number of nitrogens with zero attached hydrogens (tertiary/aromatic N) is 1. The van der Waals surface area contributed by atoms with Gasteiger partial charge in [0.05, 0.1) is 6.04 Å². The normalized spacial score (nSPS) is 19.2. The highest BCUT2D eigenvalue weighted by Gasteiger charge is 2.21. The van der Waals surface area contributed by atoms with Crippen LogP contribution in [0.15, 0.2) is 4.99 Å². The molecule has 1 rings (SSSR count). The van der Waals surface area contributed by atoms with Gasteiger partial charge < -0.3 is 10.1 Å². The lowest BCUT2D eigenvalue weighted by Gasteiger charge is -2.15. The standard InChI is InChI=1S/C9H20N4O/c1-7(5-6-14-2)11-9(13-10)12-8-3-4-8/h7-8H,3-6,10H2,1-2H3,(H2,11,12,13). The molecule has 0 spiro atoms. The molecule has 0 aromatic rings. The predicted octanol–water partition coefficient (Wildman–Crippen LogP) is -0.0173. The van der Waals surface area contributed by atoms with Crippen LogP contribution in [-0.4, -0.2) is 31.8 Å². The van der Waals surface area contributed by atoms with E-state index in [0.29, 0.717) is 18.0 Å². The Morgan fingerprint density at radius 1 is 1.64 bits per heavy atom. The van der Waals surface area contributed by atoms with Crippen LogP contribution in [0.25, 0.3) is 0 Å². The molecule has 0 amide bonds. The van der Waals surface area contributed by atoms with Crippen LogP contribution in [0, 0.1) is 0 Å². The van der Waals surface area contributed by atoms with Gasteiger partial charge in [0.2, 0.25) is 5.96 Å². The molecule has 1 aliphatic rings. The van der Waals surface area contributed by atoms with E-state index >= 15 is 0 Å². The molecule has 1 atom stereocenters. The van der Waals surface area contributed by atoms with Gasteiger partial charge >= 0.3 is 0 Å². The van der Waals surface area contributed by atoms with Crippen LogP contribution in [0.5, 0.6) is 0 Å². The van der Waals surface area contributed by atoms with Crippen LogP contribution in [-0.2, 0) is 4.74 Å². The van der Waals surface area contributed by atoms with Crippen LogP contribution in [0.1, 0.15) is 26.2 Å². The SMILES string of the molecule is COCCC(C)NC(=NC1CC1)NN. The van der Waals surface area contributed by atoms with Crippen molar-refractivity contribution >= 4 is 5.96 Å². The topological polar surface area (TPSA) is 71.7 Å². The Kier molecular flexibility index (Phi) is 4.69. The number of nitrogens with one attached hydrogen (secondary N) is 2. The lowest BCUT2D eigenvalue weighted by atomic mass is 10.2. The molecule has 14 heavy (non-hydrogen) atoms. The number of ether oxygens (including phenoxy) is 1. The minimum atomic E-state index is 0.323. The minimum absolute atomic E-state index is 0.323. The molecule has 0 bridgehead atoms. The van der Waals surface area contributed by atoms with E-state index in [1.807, 2.05) is 0 Å². The zero-order valence-corrected chi connectivity index (χ0v) is 8.92. The summed E-state index contributed by atoms with van der Waals surface area (Å²) in [5, 5.41) is 3.21. The van der Waals surface area contributed by atoms with Gasteiger partial charge in [-0.25, -0.2) is 10.8 Å². The van der Waals surface area contributed by atoms with Crippen molar-refractivity contribution in [3.8, 4) is 0 Å². The molecule has 0 aromatic carbocycles. The number of guanidine groups is 1. The Hall–Kier alpha value is -0.810. The largest absolute Gasteiger partial charge is 0.385 e. The molecule has 0 aliphatic heterocycles. The highest BCUT2D eigenvalue weighted by atomic mass is 16.5. The maximum Gasteiger partial charge on any atom is 0.206 e. The molecule has 0 radical (unpaired) electrons. The summed E-state index contributed by atoms with van der Waals surface area (Å²) < 4.78 is 4.99. The van der Waals surface area contributed by atoms with Gasteiger partial charge in [0.15, 0.2) is 0 Å². The third-order valence-corrected chi connectivity index (χ3v) is 2.13. The number of hydrazine groups is 1. The summed E-state index contributed by atoms with van der Waals surface area (Å²) in [7, 11) is 1.70. The molecule has 0 aromatic heterocycles. The summed E-state index contributed by atoms with van der Waals surface area (Å²) in [6.45, 7) is 2.83. The number of hydrogen-bond acceptors (Lipinski definition) is 3. The maximum atomic E-state index is 5.35. The van der Waals surface area contributed by atoms with Crippen LogP contribution >= 0.6 is 0 Å². The van der Waals surface area contributed by atoms with Crippen molar-refractivity contribution in [1.82, 2.24) is 10.7 Å². The predicted molar refractivity (Wildman–Crippen MR) is 56.9 cm³/mol. The Bertz CT molecular complexity index is 191. The number of nitrogens with two attached hydrogens (primary N) is 1. The van der Waals surface area contributed by atoms with Crippen LogP contribution in [0.2, 0.25) is 0 Å². The summed E-state index contributed by atoms with van der Waals surface area (Å²) in [5.41, 5.74) is 2.58. The van der Waals surface area contributed by atoms with Crippen LogP contribution < -0.4 is 16.6 Å². The van der Waals surface area contributed by atoms with Crippen molar-refractivity contribution in [1.29, 1.82) is 0 Å². The average molecular weight is 200 g/mol. The fraction of sp³-hybridized carbons (Fsp3) is 0.889. The second-order valence-corrected chi connectivity index (χ2v) is 3.68. The number of rotatable bonds is 5. The van der Waals surface area contributed by atoms with E-state index in [1.54, 1.807) is 7.11 Å². The number of methoxy groups -OCH3 is 1. The van der Waals surface area contributed by atoms with E-state index in [4.69, 9.17) is 10.6 Å². The van der Waals surface area contributed by atoms with E-state index in [0.717, 1.165) is 13.0 Å². The fourth-order valence-corrected chi connectivity index (χ4v) is 1.10. The van der Waals surface area contributed by atoms with Gasteiger partial charge in [-0.05, 0) is 26.2 Å². The lowest BCUT2D eigenvalue weighted by Crippen LogP contribution is -2.46. The van der Waals surface area contributed by atoms with Crippen LogP contribution in [0.4, 0.5) is 0 Å². The second kappa shape index (κ2) is 5.82. The van der Waals surface area contributed by atoms with Crippen molar-refractivity contribution in [2.75, 3.05) is 13.7 Å². The number of aliphatic imine (C=N–C) groups is 1. The van der Waals surface area contributed by atoms with Gasteiger partial charge in [-0.15, -0.1) is 0 Å². The Balaban J connectivity index is 2.24. The molecule has 1 fully saturated rings. The third kappa shape index (κ3) is 4.43. The van der Waals surface area contributed by atoms with E-state index in [-0.39, 0.29) is 0 Å². The van der Waals surface area contributed by atoms with Gasteiger partial charge in [0, 0.05) is 19.8 Å². The molecular formula is C9H20N4O. The molecule has 5 nitrogen and oxygen atoms in total. The molecule has 5 heteroatoms. The first kappa shape index (κ1) is 11.3. The maximum absolute atomic E-state index is 5.35.